The van der Waals surface area contributed by atoms with Crippen LogP contribution in [0.25, 0.3) is 0 Å². The maximum atomic E-state index is 12.9. The van der Waals surface area contributed by atoms with Crippen molar-refractivity contribution < 1.29 is 4.79 Å². The molecule has 0 aliphatic carbocycles. The number of fused-ring (bicyclic) bond motifs is 1. The second-order valence-electron chi connectivity index (χ2n) is 7.08. The maximum absolute atomic E-state index is 12.9. The highest BCUT2D eigenvalue weighted by molar-refractivity contribution is 9.10. The van der Waals surface area contributed by atoms with E-state index in [1.54, 1.807) is 11.9 Å². The van der Waals surface area contributed by atoms with Crippen molar-refractivity contribution in [2.75, 3.05) is 10.8 Å². The molecule has 1 aliphatic rings. The van der Waals surface area contributed by atoms with Gasteiger partial charge in [0.25, 0.3) is 11.5 Å². The number of benzene rings is 1. The van der Waals surface area contributed by atoms with E-state index in [0.29, 0.717) is 16.4 Å². The zero-order valence-electron chi connectivity index (χ0n) is 16.0. The summed E-state index contributed by atoms with van der Waals surface area (Å²) in [5, 5.41) is 3.40. The van der Waals surface area contributed by atoms with E-state index in [4.69, 9.17) is 0 Å². The quantitative estimate of drug-likeness (QED) is 0.674. The van der Waals surface area contributed by atoms with Crippen LogP contribution in [0, 0.1) is 13.8 Å². The molecule has 0 bridgehead atoms. The van der Waals surface area contributed by atoms with Gasteiger partial charge >= 0.3 is 0 Å². The molecular weight excluding hydrogens is 426 g/mol. The zero-order chi connectivity index (χ0) is 19.7. The second-order valence-corrected chi connectivity index (χ2v) is 9.59. The van der Waals surface area contributed by atoms with Crippen LogP contribution < -0.4 is 15.2 Å². The van der Waals surface area contributed by atoms with Gasteiger partial charge < -0.3 is 14.6 Å². The number of nitrogens with one attached hydrogen (secondary N) is 2. The number of halogens is 1. The number of carbonyl (C=O) groups excluding carboxylic acids is 1. The number of aromatic amines is 1. The summed E-state index contributed by atoms with van der Waals surface area (Å²) in [5.41, 5.74) is 4.99. The third kappa shape index (κ3) is 4.41. The molecule has 0 spiro atoms. The summed E-state index contributed by atoms with van der Waals surface area (Å²) in [4.78, 5) is 27.8. The topological polar surface area (TPSA) is 65.2 Å². The van der Waals surface area contributed by atoms with E-state index in [2.05, 4.69) is 50.4 Å². The van der Waals surface area contributed by atoms with Gasteiger partial charge in [0.1, 0.15) is 0 Å². The standard InChI is InChI=1S/C20H24BrN3O2S/c1-11(2)27-24-6-5-15-16(8-14(21)9-18(15)24)19(25)22-10-17-12(3)7-13(4)23-20(17)26/h7-9,11H,5-6,10H2,1-4H3,(H,22,25)(H,23,26). The van der Waals surface area contributed by atoms with Crippen LogP contribution in [0.1, 0.15) is 46.6 Å². The number of nitrogens with zero attached hydrogens (tertiary/aromatic N) is 1. The minimum atomic E-state index is -0.150. The number of aromatic nitrogens is 1. The van der Waals surface area contributed by atoms with Gasteiger partial charge in [0.15, 0.2) is 0 Å². The third-order valence-electron chi connectivity index (χ3n) is 4.53. The summed E-state index contributed by atoms with van der Waals surface area (Å²) in [5.74, 6) is -0.150. The lowest BCUT2D eigenvalue weighted by molar-refractivity contribution is 0.0950. The minimum absolute atomic E-state index is 0.147. The second kappa shape index (κ2) is 8.10. The molecule has 0 radical (unpaired) electrons. The number of hydrogen-bond acceptors (Lipinski definition) is 4. The lowest BCUT2D eigenvalue weighted by Gasteiger charge is -2.20. The van der Waals surface area contributed by atoms with Crippen LogP contribution in [-0.4, -0.2) is 22.7 Å². The molecule has 0 atom stereocenters. The smallest absolute Gasteiger partial charge is 0.253 e. The van der Waals surface area contributed by atoms with Crippen molar-refractivity contribution in [1.29, 1.82) is 0 Å². The first kappa shape index (κ1) is 20.0. The Bertz CT molecular complexity index is 940. The van der Waals surface area contributed by atoms with Crippen LogP contribution in [0.15, 0.2) is 27.5 Å². The first-order valence-electron chi connectivity index (χ1n) is 9.00. The van der Waals surface area contributed by atoms with Gasteiger partial charge in [0.05, 0.1) is 5.69 Å². The van der Waals surface area contributed by atoms with Crippen LogP contribution in [0.3, 0.4) is 0 Å². The zero-order valence-corrected chi connectivity index (χ0v) is 18.4. The molecule has 1 aromatic heterocycles. The van der Waals surface area contributed by atoms with E-state index in [9.17, 15) is 9.59 Å². The van der Waals surface area contributed by atoms with Gasteiger partial charge in [-0.05, 0) is 61.5 Å². The van der Waals surface area contributed by atoms with Crippen LogP contribution in [-0.2, 0) is 13.0 Å². The van der Waals surface area contributed by atoms with Crippen LogP contribution in [0.5, 0.6) is 0 Å². The number of anilines is 1. The molecule has 7 heteroatoms. The van der Waals surface area contributed by atoms with Crippen LogP contribution in [0.4, 0.5) is 5.69 Å². The molecule has 0 unspecified atom stereocenters. The molecule has 144 valence electrons. The Kier molecular flexibility index (Phi) is 6.01. The van der Waals surface area contributed by atoms with Crippen molar-refractivity contribution in [1.82, 2.24) is 10.3 Å². The summed E-state index contributed by atoms with van der Waals surface area (Å²) in [7, 11) is 0. The number of carbonyl (C=O) groups is 1. The Labute approximate surface area is 172 Å². The van der Waals surface area contributed by atoms with Crippen molar-refractivity contribution >= 4 is 39.5 Å². The molecule has 0 saturated carbocycles. The van der Waals surface area contributed by atoms with Gasteiger partial charge in [0, 0.05) is 39.6 Å². The van der Waals surface area contributed by atoms with Gasteiger partial charge in [-0.15, -0.1) is 0 Å². The normalized spacial score (nSPS) is 13.2. The fourth-order valence-electron chi connectivity index (χ4n) is 3.37. The molecule has 1 aliphatic heterocycles. The van der Waals surface area contributed by atoms with Crippen molar-refractivity contribution in [2.24, 2.45) is 0 Å². The summed E-state index contributed by atoms with van der Waals surface area (Å²) >= 11 is 5.32. The maximum Gasteiger partial charge on any atom is 0.253 e. The Morgan fingerprint density at radius 2 is 2.07 bits per heavy atom. The molecule has 1 amide bonds. The van der Waals surface area contributed by atoms with Gasteiger partial charge in [0.2, 0.25) is 0 Å². The minimum Gasteiger partial charge on any atom is -0.348 e. The highest BCUT2D eigenvalue weighted by Gasteiger charge is 2.26. The highest BCUT2D eigenvalue weighted by Crippen LogP contribution is 2.38. The van der Waals surface area contributed by atoms with Crippen molar-refractivity contribution in [3.63, 3.8) is 0 Å². The van der Waals surface area contributed by atoms with Crippen molar-refractivity contribution in [2.45, 2.75) is 45.9 Å². The summed E-state index contributed by atoms with van der Waals surface area (Å²) < 4.78 is 3.14. The van der Waals surface area contributed by atoms with Crippen LogP contribution in [0.2, 0.25) is 0 Å². The van der Waals surface area contributed by atoms with Gasteiger partial charge in [-0.2, -0.15) is 0 Å². The Balaban J connectivity index is 1.83. The molecule has 0 fully saturated rings. The fourth-order valence-corrected chi connectivity index (χ4v) is 4.80. The van der Waals surface area contributed by atoms with Gasteiger partial charge in [-0.1, -0.05) is 29.8 Å². The number of pyridine rings is 1. The largest absolute Gasteiger partial charge is 0.348 e. The predicted octanol–water partition coefficient (Wildman–Crippen LogP) is 4.10. The van der Waals surface area contributed by atoms with E-state index in [-0.39, 0.29) is 18.0 Å². The van der Waals surface area contributed by atoms with E-state index in [1.807, 2.05) is 26.0 Å². The summed E-state index contributed by atoms with van der Waals surface area (Å²) in [6, 6.07) is 5.86. The lowest BCUT2D eigenvalue weighted by Crippen LogP contribution is -2.28. The molecule has 2 N–H and O–H groups in total. The van der Waals surface area contributed by atoms with Crippen LogP contribution >= 0.6 is 27.9 Å². The first-order valence-corrected chi connectivity index (χ1v) is 10.6. The van der Waals surface area contributed by atoms with E-state index < -0.39 is 0 Å². The number of hydrogen-bond donors (Lipinski definition) is 2. The molecule has 3 rings (SSSR count). The Morgan fingerprint density at radius 1 is 1.33 bits per heavy atom. The lowest BCUT2D eigenvalue weighted by atomic mass is 10.0. The molecule has 5 nitrogen and oxygen atoms in total. The molecule has 27 heavy (non-hydrogen) atoms. The molecule has 2 aromatic rings. The average molecular weight is 450 g/mol. The molecular formula is C20H24BrN3O2S. The summed E-state index contributed by atoms with van der Waals surface area (Å²) in [6.45, 7) is 9.17. The third-order valence-corrected chi connectivity index (χ3v) is 6.04. The average Bonchev–Trinajstić information content (AvgIpc) is 2.95. The SMILES string of the molecule is Cc1cc(C)c(CNC(=O)c2cc(Br)cc3c2CCN3SC(C)C)c(=O)[nH]1. The van der Waals surface area contributed by atoms with E-state index in [1.165, 1.54) is 0 Å². The van der Waals surface area contributed by atoms with E-state index in [0.717, 1.165) is 39.9 Å². The van der Waals surface area contributed by atoms with E-state index >= 15 is 0 Å². The molecule has 2 heterocycles. The number of amides is 1. The molecule has 1 aromatic carbocycles. The first-order chi connectivity index (χ1) is 12.8. The Hall–Kier alpha value is -1.73. The number of aryl methyl sites for hydroxylation is 2. The Morgan fingerprint density at radius 3 is 2.74 bits per heavy atom. The predicted molar refractivity (Wildman–Crippen MR) is 116 cm³/mol. The van der Waals surface area contributed by atoms with Crippen molar-refractivity contribution in [3.8, 4) is 0 Å². The number of rotatable bonds is 5. The number of H-pyrrole nitrogens is 1. The monoisotopic (exact) mass is 449 g/mol. The van der Waals surface area contributed by atoms with Gasteiger partial charge in [-0.3, -0.25) is 9.59 Å². The van der Waals surface area contributed by atoms with Gasteiger partial charge in [-0.25, -0.2) is 0 Å². The molecule has 0 saturated heterocycles. The van der Waals surface area contributed by atoms with Crippen molar-refractivity contribution in [3.05, 3.63) is 61.0 Å². The highest BCUT2D eigenvalue weighted by atomic mass is 79.9. The summed E-state index contributed by atoms with van der Waals surface area (Å²) in [6.07, 6.45) is 0.842. The fraction of sp³-hybridized carbons (Fsp3) is 0.400.